The summed E-state index contributed by atoms with van der Waals surface area (Å²) in [4.78, 5) is 11.2. The van der Waals surface area contributed by atoms with Gasteiger partial charge in [-0.1, -0.05) is 13.8 Å². The maximum absolute atomic E-state index is 11.2. The molecule has 0 radical (unpaired) electrons. The van der Waals surface area contributed by atoms with Crippen molar-refractivity contribution in [3.8, 4) is 5.75 Å². The van der Waals surface area contributed by atoms with Gasteiger partial charge < -0.3 is 10.1 Å². The molecule has 3 nitrogen and oxygen atoms in total. The van der Waals surface area contributed by atoms with Crippen molar-refractivity contribution in [2.24, 2.45) is 0 Å². The number of rotatable bonds is 6. The van der Waals surface area contributed by atoms with Crippen LogP contribution in [0.5, 0.6) is 5.75 Å². The molecule has 0 bridgehead atoms. The third-order valence-electron chi connectivity index (χ3n) is 2.12. The zero-order valence-electron chi connectivity index (χ0n) is 9.95. The minimum Gasteiger partial charge on any atom is -0.427 e. The average Bonchev–Trinajstić information content (AvgIpc) is 2.28. The number of anilines is 1. The van der Waals surface area contributed by atoms with Crippen molar-refractivity contribution in [3.63, 3.8) is 0 Å². The van der Waals surface area contributed by atoms with E-state index in [1.165, 1.54) is 0 Å². The van der Waals surface area contributed by atoms with Crippen LogP contribution in [0.1, 0.15) is 33.1 Å². The molecule has 0 unspecified atom stereocenters. The van der Waals surface area contributed by atoms with Crippen molar-refractivity contribution < 1.29 is 9.53 Å². The maximum Gasteiger partial charge on any atom is 0.311 e. The maximum atomic E-state index is 11.2. The zero-order valence-corrected chi connectivity index (χ0v) is 9.95. The number of esters is 1. The Balaban J connectivity index is 2.47. The normalized spacial score (nSPS) is 9.88. The highest BCUT2D eigenvalue weighted by molar-refractivity contribution is 5.72. The van der Waals surface area contributed by atoms with Crippen molar-refractivity contribution in [3.05, 3.63) is 24.3 Å². The van der Waals surface area contributed by atoms with E-state index in [1.54, 1.807) is 0 Å². The lowest BCUT2D eigenvalue weighted by Gasteiger charge is -2.06. The molecule has 88 valence electrons. The molecule has 1 N–H and O–H groups in total. The average molecular weight is 221 g/mol. The molecule has 1 aromatic rings. The summed E-state index contributed by atoms with van der Waals surface area (Å²) in [6.07, 6.45) is 2.37. The summed E-state index contributed by atoms with van der Waals surface area (Å²) in [6, 6.07) is 7.46. The summed E-state index contributed by atoms with van der Waals surface area (Å²) in [5.74, 6) is 0.442. The van der Waals surface area contributed by atoms with Gasteiger partial charge >= 0.3 is 5.97 Å². The number of hydrogen-bond acceptors (Lipinski definition) is 3. The first-order chi connectivity index (χ1) is 7.76. The summed E-state index contributed by atoms with van der Waals surface area (Å²) in [6.45, 7) is 5.03. The van der Waals surface area contributed by atoms with E-state index in [-0.39, 0.29) is 5.97 Å². The van der Waals surface area contributed by atoms with Crippen LogP contribution in [0, 0.1) is 0 Å². The van der Waals surface area contributed by atoms with E-state index in [9.17, 15) is 4.79 Å². The molecule has 0 aliphatic heterocycles. The SMILES string of the molecule is CCCNc1ccc(OC(=O)CCC)cc1. The first-order valence-electron chi connectivity index (χ1n) is 5.81. The topological polar surface area (TPSA) is 38.3 Å². The van der Waals surface area contributed by atoms with E-state index in [0.717, 1.165) is 25.1 Å². The monoisotopic (exact) mass is 221 g/mol. The van der Waals surface area contributed by atoms with Gasteiger partial charge in [0.2, 0.25) is 0 Å². The Labute approximate surface area is 96.8 Å². The number of carbonyl (C=O) groups is 1. The van der Waals surface area contributed by atoms with Gasteiger partial charge in [0, 0.05) is 18.7 Å². The van der Waals surface area contributed by atoms with Gasteiger partial charge in [0.15, 0.2) is 0 Å². The van der Waals surface area contributed by atoms with Crippen LogP contribution in [0.25, 0.3) is 0 Å². The van der Waals surface area contributed by atoms with Crippen LogP contribution in [0.4, 0.5) is 5.69 Å². The van der Waals surface area contributed by atoms with Crippen LogP contribution in [-0.2, 0) is 4.79 Å². The first-order valence-corrected chi connectivity index (χ1v) is 5.81. The number of carbonyl (C=O) groups excluding carboxylic acids is 1. The molecule has 0 aliphatic rings. The van der Waals surface area contributed by atoms with Gasteiger partial charge in [0.05, 0.1) is 0 Å². The highest BCUT2D eigenvalue weighted by atomic mass is 16.5. The Bertz CT molecular complexity index is 319. The van der Waals surface area contributed by atoms with Crippen LogP contribution < -0.4 is 10.1 Å². The summed E-state index contributed by atoms with van der Waals surface area (Å²) < 4.78 is 5.15. The molecule has 16 heavy (non-hydrogen) atoms. The van der Waals surface area contributed by atoms with Gasteiger partial charge in [0.25, 0.3) is 0 Å². The summed E-state index contributed by atoms with van der Waals surface area (Å²) in [7, 11) is 0. The fourth-order valence-corrected chi connectivity index (χ4v) is 1.30. The minimum atomic E-state index is -0.170. The van der Waals surface area contributed by atoms with Crippen molar-refractivity contribution >= 4 is 11.7 Å². The third-order valence-corrected chi connectivity index (χ3v) is 2.12. The number of ether oxygens (including phenoxy) is 1. The lowest BCUT2D eigenvalue weighted by atomic mass is 10.3. The van der Waals surface area contributed by atoms with Gasteiger partial charge in [0.1, 0.15) is 5.75 Å². The molecule has 0 saturated heterocycles. The molecule has 0 aliphatic carbocycles. The Morgan fingerprint density at radius 2 is 1.88 bits per heavy atom. The molecule has 0 heterocycles. The second kappa shape index (κ2) is 6.88. The summed E-state index contributed by atoms with van der Waals surface area (Å²) in [5.41, 5.74) is 1.05. The molecule has 1 rings (SSSR count). The van der Waals surface area contributed by atoms with Crippen molar-refractivity contribution in [2.45, 2.75) is 33.1 Å². The highest BCUT2D eigenvalue weighted by Crippen LogP contribution is 2.16. The summed E-state index contributed by atoms with van der Waals surface area (Å²) in [5, 5.41) is 3.26. The molecule has 0 amide bonds. The molecule has 1 aromatic carbocycles. The first kappa shape index (κ1) is 12.6. The van der Waals surface area contributed by atoms with Crippen LogP contribution in [-0.4, -0.2) is 12.5 Å². The Hall–Kier alpha value is -1.51. The van der Waals surface area contributed by atoms with E-state index < -0.39 is 0 Å². The zero-order chi connectivity index (χ0) is 11.8. The van der Waals surface area contributed by atoms with Gasteiger partial charge in [-0.25, -0.2) is 0 Å². The Morgan fingerprint density at radius 1 is 1.19 bits per heavy atom. The molecule has 3 heteroatoms. The van der Waals surface area contributed by atoms with Crippen LogP contribution in [0.3, 0.4) is 0 Å². The minimum absolute atomic E-state index is 0.170. The van der Waals surface area contributed by atoms with Crippen LogP contribution in [0.15, 0.2) is 24.3 Å². The van der Waals surface area contributed by atoms with E-state index in [4.69, 9.17) is 4.74 Å². The standard InChI is InChI=1S/C13H19NO2/c1-3-5-13(15)16-12-8-6-11(7-9-12)14-10-4-2/h6-9,14H,3-5,10H2,1-2H3. The Kier molecular flexibility index (Phi) is 5.40. The van der Waals surface area contributed by atoms with Crippen molar-refractivity contribution in [2.75, 3.05) is 11.9 Å². The summed E-state index contributed by atoms with van der Waals surface area (Å²) >= 11 is 0. The van der Waals surface area contributed by atoms with E-state index >= 15 is 0 Å². The fraction of sp³-hybridized carbons (Fsp3) is 0.462. The third kappa shape index (κ3) is 4.34. The largest absolute Gasteiger partial charge is 0.427 e. The molecule has 0 spiro atoms. The van der Waals surface area contributed by atoms with Crippen molar-refractivity contribution in [1.82, 2.24) is 0 Å². The molecular formula is C13H19NO2. The predicted molar refractivity (Wildman–Crippen MR) is 65.8 cm³/mol. The molecular weight excluding hydrogens is 202 g/mol. The number of nitrogens with one attached hydrogen (secondary N) is 1. The second-order valence-corrected chi connectivity index (χ2v) is 3.68. The van der Waals surface area contributed by atoms with E-state index in [1.807, 2.05) is 31.2 Å². The smallest absolute Gasteiger partial charge is 0.311 e. The molecule has 0 atom stereocenters. The van der Waals surface area contributed by atoms with Gasteiger partial charge in [-0.2, -0.15) is 0 Å². The van der Waals surface area contributed by atoms with Gasteiger partial charge in [-0.3, -0.25) is 4.79 Å². The van der Waals surface area contributed by atoms with Gasteiger partial charge in [-0.05, 0) is 37.1 Å². The molecule has 0 aromatic heterocycles. The van der Waals surface area contributed by atoms with E-state index in [2.05, 4.69) is 12.2 Å². The second-order valence-electron chi connectivity index (χ2n) is 3.68. The van der Waals surface area contributed by atoms with E-state index in [0.29, 0.717) is 12.2 Å². The number of benzene rings is 1. The quantitative estimate of drug-likeness (QED) is 0.592. The number of hydrogen-bond donors (Lipinski definition) is 1. The highest BCUT2D eigenvalue weighted by Gasteiger charge is 2.02. The molecule has 0 saturated carbocycles. The fourth-order valence-electron chi connectivity index (χ4n) is 1.30. The Morgan fingerprint density at radius 3 is 2.44 bits per heavy atom. The van der Waals surface area contributed by atoms with Gasteiger partial charge in [-0.15, -0.1) is 0 Å². The van der Waals surface area contributed by atoms with Crippen molar-refractivity contribution in [1.29, 1.82) is 0 Å². The lowest BCUT2D eigenvalue weighted by Crippen LogP contribution is -2.06. The predicted octanol–water partition coefficient (Wildman–Crippen LogP) is 3.21. The van der Waals surface area contributed by atoms with Crippen LogP contribution in [0.2, 0.25) is 0 Å². The molecule has 0 fully saturated rings. The lowest BCUT2D eigenvalue weighted by molar-refractivity contribution is -0.134. The van der Waals surface area contributed by atoms with Crippen LogP contribution >= 0.6 is 0 Å².